The number of fused-ring (bicyclic) bond motifs is 1. The van der Waals surface area contributed by atoms with Crippen molar-refractivity contribution < 1.29 is 14.6 Å². The predicted molar refractivity (Wildman–Crippen MR) is 134 cm³/mol. The lowest BCUT2D eigenvalue weighted by atomic mass is 10.2. The average molecular weight is 478 g/mol. The molecule has 1 heterocycles. The fourth-order valence-electron chi connectivity index (χ4n) is 3.32. The van der Waals surface area contributed by atoms with Crippen LogP contribution < -0.4 is 20.7 Å². The third-order valence-electron chi connectivity index (χ3n) is 4.91. The van der Waals surface area contributed by atoms with Crippen molar-refractivity contribution in [2.45, 2.75) is 6.92 Å². The standard InChI is InChI=1S/C25H24ClN5O3/c1-16-3-2-4-19(11-16)34-23-8-6-18(13-21(23)26)31-25-20-12-17(5-7-22(20)28-15-29-25)30-24(33)14-27-9-10-32/h2-8,11-13,15,27,32H,9-10,14H2,1H3,(H,30,33)(H,28,29,31). The van der Waals surface area contributed by atoms with Crippen molar-refractivity contribution in [3.63, 3.8) is 0 Å². The molecule has 4 N–H and O–H groups in total. The molecule has 0 atom stereocenters. The van der Waals surface area contributed by atoms with Gasteiger partial charge < -0.3 is 25.8 Å². The van der Waals surface area contributed by atoms with Crippen molar-refractivity contribution in [3.8, 4) is 11.5 Å². The largest absolute Gasteiger partial charge is 0.456 e. The van der Waals surface area contributed by atoms with Crippen LogP contribution in [-0.2, 0) is 4.79 Å². The lowest BCUT2D eigenvalue weighted by Gasteiger charge is -2.13. The highest BCUT2D eigenvalue weighted by Gasteiger charge is 2.10. The number of carbonyl (C=O) groups excluding carboxylic acids is 1. The summed E-state index contributed by atoms with van der Waals surface area (Å²) in [6.07, 6.45) is 1.47. The predicted octanol–water partition coefficient (Wildman–Crippen LogP) is 4.65. The van der Waals surface area contributed by atoms with Gasteiger partial charge in [-0.1, -0.05) is 23.7 Å². The van der Waals surface area contributed by atoms with Crippen LogP contribution in [0.25, 0.3) is 10.9 Å². The second kappa shape index (κ2) is 10.9. The first-order valence-electron chi connectivity index (χ1n) is 10.7. The number of benzene rings is 3. The molecule has 8 nitrogen and oxygen atoms in total. The highest BCUT2D eigenvalue weighted by molar-refractivity contribution is 6.32. The van der Waals surface area contributed by atoms with Crippen molar-refractivity contribution in [3.05, 3.63) is 77.6 Å². The van der Waals surface area contributed by atoms with Crippen LogP contribution in [0.4, 0.5) is 17.2 Å². The fraction of sp³-hybridized carbons (Fsp3) is 0.160. The van der Waals surface area contributed by atoms with Crippen LogP contribution in [0.2, 0.25) is 5.02 Å². The van der Waals surface area contributed by atoms with E-state index in [0.717, 1.165) is 22.2 Å². The zero-order valence-corrected chi connectivity index (χ0v) is 19.3. The van der Waals surface area contributed by atoms with Crippen molar-refractivity contribution in [1.29, 1.82) is 0 Å². The number of hydrogen-bond donors (Lipinski definition) is 4. The van der Waals surface area contributed by atoms with Gasteiger partial charge in [0.15, 0.2) is 0 Å². The van der Waals surface area contributed by atoms with Gasteiger partial charge in [0.2, 0.25) is 5.91 Å². The molecule has 0 saturated carbocycles. The van der Waals surface area contributed by atoms with Crippen LogP contribution in [0.15, 0.2) is 67.0 Å². The first kappa shape index (κ1) is 23.4. The first-order valence-corrected chi connectivity index (χ1v) is 11.1. The quantitative estimate of drug-likeness (QED) is 0.260. The van der Waals surface area contributed by atoms with E-state index in [1.165, 1.54) is 6.33 Å². The van der Waals surface area contributed by atoms with E-state index in [2.05, 4.69) is 25.9 Å². The van der Waals surface area contributed by atoms with Crippen LogP contribution in [-0.4, -0.2) is 40.7 Å². The SMILES string of the molecule is Cc1cccc(Oc2ccc(Nc3ncnc4ccc(NC(=O)CNCCO)cc34)cc2Cl)c1. The van der Waals surface area contributed by atoms with Gasteiger partial charge in [0.05, 0.1) is 23.7 Å². The maximum absolute atomic E-state index is 12.1. The van der Waals surface area contributed by atoms with Crippen LogP contribution in [0.3, 0.4) is 0 Å². The van der Waals surface area contributed by atoms with E-state index in [1.54, 1.807) is 24.3 Å². The minimum Gasteiger partial charge on any atom is -0.456 e. The van der Waals surface area contributed by atoms with E-state index in [1.807, 2.05) is 43.3 Å². The maximum atomic E-state index is 12.1. The maximum Gasteiger partial charge on any atom is 0.238 e. The number of anilines is 3. The van der Waals surface area contributed by atoms with E-state index < -0.39 is 0 Å². The molecule has 0 bridgehead atoms. The van der Waals surface area contributed by atoms with Crippen molar-refractivity contribution in [2.75, 3.05) is 30.3 Å². The van der Waals surface area contributed by atoms with Crippen LogP contribution >= 0.6 is 11.6 Å². The minimum atomic E-state index is -0.213. The van der Waals surface area contributed by atoms with Crippen LogP contribution in [0.1, 0.15) is 5.56 Å². The van der Waals surface area contributed by atoms with Gasteiger partial charge in [-0.15, -0.1) is 0 Å². The Morgan fingerprint density at radius 3 is 2.71 bits per heavy atom. The lowest BCUT2D eigenvalue weighted by Crippen LogP contribution is -2.29. The molecule has 0 unspecified atom stereocenters. The Kier molecular flexibility index (Phi) is 7.54. The number of aliphatic hydroxyl groups excluding tert-OH is 1. The molecule has 0 aliphatic rings. The van der Waals surface area contributed by atoms with Crippen LogP contribution in [0, 0.1) is 6.92 Å². The number of nitrogens with one attached hydrogen (secondary N) is 3. The number of aromatic nitrogens is 2. The van der Waals surface area contributed by atoms with E-state index in [-0.39, 0.29) is 19.1 Å². The van der Waals surface area contributed by atoms with E-state index in [0.29, 0.717) is 34.6 Å². The average Bonchev–Trinajstić information content (AvgIpc) is 2.81. The van der Waals surface area contributed by atoms with Gasteiger partial charge in [0, 0.05) is 23.3 Å². The molecule has 4 aromatic rings. The van der Waals surface area contributed by atoms with Crippen LogP contribution in [0.5, 0.6) is 11.5 Å². The van der Waals surface area contributed by atoms with Gasteiger partial charge in [0.25, 0.3) is 0 Å². The molecule has 174 valence electrons. The second-order valence-electron chi connectivity index (χ2n) is 7.59. The normalized spacial score (nSPS) is 10.8. The molecule has 0 saturated heterocycles. The first-order chi connectivity index (χ1) is 16.5. The molecule has 0 aliphatic carbocycles. The van der Waals surface area contributed by atoms with Gasteiger partial charge in [-0.25, -0.2) is 9.97 Å². The molecule has 9 heteroatoms. The summed E-state index contributed by atoms with van der Waals surface area (Å²) in [6, 6.07) is 18.5. The number of halogens is 1. The lowest BCUT2D eigenvalue weighted by molar-refractivity contribution is -0.115. The number of carbonyl (C=O) groups is 1. The van der Waals surface area contributed by atoms with E-state index in [9.17, 15) is 4.79 Å². The summed E-state index contributed by atoms with van der Waals surface area (Å²) >= 11 is 6.47. The number of aliphatic hydroxyl groups is 1. The van der Waals surface area contributed by atoms with Gasteiger partial charge in [-0.3, -0.25) is 4.79 Å². The van der Waals surface area contributed by atoms with Crippen molar-refractivity contribution in [2.24, 2.45) is 0 Å². The molecule has 3 aromatic carbocycles. The molecule has 1 aromatic heterocycles. The smallest absolute Gasteiger partial charge is 0.238 e. The topological polar surface area (TPSA) is 108 Å². The Hall–Kier alpha value is -3.72. The zero-order valence-electron chi connectivity index (χ0n) is 18.5. The summed E-state index contributed by atoms with van der Waals surface area (Å²) in [4.78, 5) is 20.8. The Balaban J connectivity index is 1.52. The fourth-order valence-corrected chi connectivity index (χ4v) is 3.54. The number of amides is 1. The summed E-state index contributed by atoms with van der Waals surface area (Å²) in [5, 5.41) is 18.9. The van der Waals surface area contributed by atoms with Crippen molar-refractivity contribution >= 4 is 45.6 Å². The van der Waals surface area contributed by atoms with E-state index in [4.69, 9.17) is 21.4 Å². The number of nitrogens with zero attached hydrogens (tertiary/aromatic N) is 2. The van der Waals surface area contributed by atoms with Gasteiger partial charge in [-0.05, 0) is 61.0 Å². The second-order valence-corrected chi connectivity index (χ2v) is 8.00. The molecular formula is C25H24ClN5O3. The third kappa shape index (κ3) is 5.99. The summed E-state index contributed by atoms with van der Waals surface area (Å²) in [5.41, 5.74) is 3.16. The van der Waals surface area contributed by atoms with E-state index >= 15 is 0 Å². The molecule has 0 aliphatic heterocycles. The number of aryl methyl sites for hydroxylation is 1. The highest BCUT2D eigenvalue weighted by Crippen LogP contribution is 2.33. The number of rotatable bonds is 9. The molecule has 1 amide bonds. The van der Waals surface area contributed by atoms with Gasteiger partial charge in [-0.2, -0.15) is 0 Å². The zero-order chi connectivity index (χ0) is 23.9. The van der Waals surface area contributed by atoms with Gasteiger partial charge in [0.1, 0.15) is 23.6 Å². The molecule has 0 radical (unpaired) electrons. The Bertz CT molecular complexity index is 1310. The highest BCUT2D eigenvalue weighted by atomic mass is 35.5. The number of hydrogen-bond acceptors (Lipinski definition) is 7. The number of ether oxygens (including phenoxy) is 1. The Labute approximate surface area is 202 Å². The summed E-state index contributed by atoms with van der Waals surface area (Å²) in [6.45, 7) is 2.42. The summed E-state index contributed by atoms with van der Waals surface area (Å²) in [7, 11) is 0. The molecule has 0 spiro atoms. The third-order valence-corrected chi connectivity index (χ3v) is 5.20. The molecule has 0 fully saturated rings. The molecule has 4 rings (SSSR count). The molecular weight excluding hydrogens is 454 g/mol. The minimum absolute atomic E-state index is 0.0291. The molecule has 34 heavy (non-hydrogen) atoms. The Morgan fingerprint density at radius 2 is 1.91 bits per heavy atom. The van der Waals surface area contributed by atoms with Crippen molar-refractivity contribution in [1.82, 2.24) is 15.3 Å². The summed E-state index contributed by atoms with van der Waals surface area (Å²) < 4.78 is 5.91. The summed E-state index contributed by atoms with van der Waals surface area (Å²) in [5.74, 6) is 1.62. The van der Waals surface area contributed by atoms with Gasteiger partial charge >= 0.3 is 0 Å². The Morgan fingerprint density at radius 1 is 1.06 bits per heavy atom. The monoisotopic (exact) mass is 477 g/mol.